The van der Waals surface area contributed by atoms with Crippen LogP contribution in [-0.4, -0.2) is 45.8 Å². The molecule has 1 saturated heterocycles. The van der Waals surface area contributed by atoms with Gasteiger partial charge in [0.25, 0.3) is 0 Å². The highest BCUT2D eigenvalue weighted by atomic mass is 19.1. The third kappa shape index (κ3) is 4.81. The molecule has 0 bridgehead atoms. The van der Waals surface area contributed by atoms with Gasteiger partial charge in [-0.25, -0.2) is 9.07 Å². The average Bonchev–Trinajstić information content (AvgIpc) is 3.05. The van der Waals surface area contributed by atoms with Crippen LogP contribution < -0.4 is 0 Å². The molecule has 140 valence electrons. The fourth-order valence-corrected chi connectivity index (χ4v) is 3.61. The van der Waals surface area contributed by atoms with Gasteiger partial charge in [-0.05, 0) is 49.3 Å². The van der Waals surface area contributed by atoms with Crippen LogP contribution >= 0.6 is 0 Å². The summed E-state index contributed by atoms with van der Waals surface area (Å²) in [6.07, 6.45) is 5.23. The summed E-state index contributed by atoms with van der Waals surface area (Å²) < 4.78 is 15.0. The van der Waals surface area contributed by atoms with Crippen molar-refractivity contribution in [1.29, 1.82) is 0 Å². The Balaban J connectivity index is 1.32. The van der Waals surface area contributed by atoms with E-state index in [2.05, 4.69) is 33.2 Å². The lowest BCUT2D eigenvalue weighted by Crippen LogP contribution is -2.30. The molecule has 4 nitrogen and oxygen atoms in total. The molecule has 0 saturated carbocycles. The van der Waals surface area contributed by atoms with E-state index in [1.54, 1.807) is 12.1 Å². The van der Waals surface area contributed by atoms with Crippen molar-refractivity contribution in [2.24, 2.45) is 0 Å². The molecule has 3 aromatic rings. The van der Waals surface area contributed by atoms with Crippen LogP contribution in [0.25, 0.3) is 5.69 Å². The molecule has 0 N–H and O–H groups in total. The van der Waals surface area contributed by atoms with E-state index in [4.69, 9.17) is 0 Å². The molecule has 0 spiro atoms. The molecule has 1 aliphatic heterocycles. The summed E-state index contributed by atoms with van der Waals surface area (Å²) in [6, 6.07) is 17.1. The van der Waals surface area contributed by atoms with Crippen molar-refractivity contribution in [1.82, 2.24) is 19.6 Å². The first-order valence-electron chi connectivity index (χ1n) is 9.54. The van der Waals surface area contributed by atoms with Gasteiger partial charge in [0, 0.05) is 37.9 Å². The number of rotatable bonds is 5. The third-order valence-corrected chi connectivity index (χ3v) is 5.06. The molecule has 0 aliphatic carbocycles. The molecule has 0 radical (unpaired) electrons. The van der Waals surface area contributed by atoms with E-state index in [1.807, 2.05) is 41.2 Å². The van der Waals surface area contributed by atoms with Gasteiger partial charge in [0.2, 0.25) is 0 Å². The summed E-state index contributed by atoms with van der Waals surface area (Å²) in [5.74, 6) is -0.170. The number of halogens is 1. The minimum absolute atomic E-state index is 0.170. The Morgan fingerprint density at radius 3 is 2.15 bits per heavy atom. The van der Waals surface area contributed by atoms with Crippen molar-refractivity contribution < 1.29 is 4.39 Å². The van der Waals surface area contributed by atoms with Crippen LogP contribution in [0.4, 0.5) is 4.39 Å². The fourth-order valence-electron chi connectivity index (χ4n) is 3.61. The summed E-state index contributed by atoms with van der Waals surface area (Å²) in [6.45, 7) is 6.06. The second-order valence-electron chi connectivity index (χ2n) is 7.16. The number of para-hydroxylation sites is 1. The SMILES string of the molecule is Fc1ccc(CN2CCCN(Cc3cnn(-c4ccccc4)c3)CC2)cc1. The molecule has 27 heavy (non-hydrogen) atoms. The maximum atomic E-state index is 13.1. The number of benzene rings is 2. The van der Waals surface area contributed by atoms with Crippen LogP contribution in [0.1, 0.15) is 17.5 Å². The van der Waals surface area contributed by atoms with Crippen molar-refractivity contribution in [3.63, 3.8) is 0 Å². The highest BCUT2D eigenvalue weighted by Gasteiger charge is 2.16. The van der Waals surface area contributed by atoms with Crippen LogP contribution in [-0.2, 0) is 13.1 Å². The molecule has 1 aromatic heterocycles. The van der Waals surface area contributed by atoms with Crippen LogP contribution in [0.5, 0.6) is 0 Å². The van der Waals surface area contributed by atoms with Crippen LogP contribution in [0, 0.1) is 5.82 Å². The first-order chi connectivity index (χ1) is 13.3. The summed E-state index contributed by atoms with van der Waals surface area (Å²) in [5, 5.41) is 4.50. The van der Waals surface area contributed by atoms with Gasteiger partial charge < -0.3 is 0 Å². The lowest BCUT2D eigenvalue weighted by molar-refractivity contribution is 0.247. The number of nitrogens with zero attached hydrogens (tertiary/aromatic N) is 4. The fraction of sp³-hybridized carbons (Fsp3) is 0.318. The van der Waals surface area contributed by atoms with Crippen molar-refractivity contribution in [3.05, 3.63) is 83.9 Å². The predicted octanol–water partition coefficient (Wildman–Crippen LogP) is 3.72. The summed E-state index contributed by atoms with van der Waals surface area (Å²) >= 11 is 0. The topological polar surface area (TPSA) is 24.3 Å². The van der Waals surface area contributed by atoms with Crippen molar-refractivity contribution in [2.75, 3.05) is 26.2 Å². The Kier molecular flexibility index (Phi) is 5.61. The predicted molar refractivity (Wildman–Crippen MR) is 105 cm³/mol. The average molecular weight is 364 g/mol. The molecular formula is C22H25FN4. The van der Waals surface area contributed by atoms with Crippen molar-refractivity contribution >= 4 is 0 Å². The van der Waals surface area contributed by atoms with Crippen molar-refractivity contribution in [2.45, 2.75) is 19.5 Å². The van der Waals surface area contributed by atoms with Gasteiger partial charge in [0.15, 0.2) is 0 Å². The van der Waals surface area contributed by atoms with Crippen LogP contribution in [0.3, 0.4) is 0 Å². The van der Waals surface area contributed by atoms with Gasteiger partial charge in [-0.2, -0.15) is 5.10 Å². The number of hydrogen-bond donors (Lipinski definition) is 0. The zero-order valence-electron chi connectivity index (χ0n) is 15.5. The van der Waals surface area contributed by atoms with E-state index in [9.17, 15) is 4.39 Å². The molecule has 2 aromatic carbocycles. The molecule has 0 atom stereocenters. The van der Waals surface area contributed by atoms with Gasteiger partial charge in [-0.3, -0.25) is 9.80 Å². The Morgan fingerprint density at radius 1 is 0.778 bits per heavy atom. The molecule has 0 amide bonds. The smallest absolute Gasteiger partial charge is 0.123 e. The van der Waals surface area contributed by atoms with E-state index in [0.29, 0.717) is 0 Å². The Bertz CT molecular complexity index is 844. The third-order valence-electron chi connectivity index (χ3n) is 5.06. The minimum atomic E-state index is -0.170. The van der Waals surface area contributed by atoms with Crippen LogP contribution in [0.15, 0.2) is 67.0 Å². The minimum Gasteiger partial charge on any atom is -0.298 e. The van der Waals surface area contributed by atoms with Gasteiger partial charge in [-0.15, -0.1) is 0 Å². The Labute approximate surface area is 159 Å². The van der Waals surface area contributed by atoms with Gasteiger partial charge in [0.1, 0.15) is 5.82 Å². The monoisotopic (exact) mass is 364 g/mol. The molecule has 0 unspecified atom stereocenters. The van der Waals surface area contributed by atoms with Crippen molar-refractivity contribution in [3.8, 4) is 5.69 Å². The van der Waals surface area contributed by atoms with E-state index in [-0.39, 0.29) is 5.82 Å². The highest BCUT2D eigenvalue weighted by molar-refractivity contribution is 5.30. The van der Waals surface area contributed by atoms with Gasteiger partial charge in [0.05, 0.1) is 11.9 Å². The van der Waals surface area contributed by atoms with E-state index in [1.165, 1.54) is 11.1 Å². The van der Waals surface area contributed by atoms with E-state index < -0.39 is 0 Å². The summed E-state index contributed by atoms with van der Waals surface area (Å²) in [5.41, 5.74) is 3.50. The summed E-state index contributed by atoms with van der Waals surface area (Å²) in [4.78, 5) is 4.96. The summed E-state index contributed by atoms with van der Waals surface area (Å²) in [7, 11) is 0. The molecular weight excluding hydrogens is 339 g/mol. The Morgan fingerprint density at radius 2 is 1.44 bits per heavy atom. The zero-order chi connectivity index (χ0) is 18.5. The number of aromatic nitrogens is 2. The molecule has 4 rings (SSSR count). The zero-order valence-corrected chi connectivity index (χ0v) is 15.5. The quantitative estimate of drug-likeness (QED) is 0.690. The second kappa shape index (κ2) is 8.46. The lowest BCUT2D eigenvalue weighted by atomic mass is 10.2. The molecule has 2 heterocycles. The normalized spacial score (nSPS) is 16.3. The highest BCUT2D eigenvalue weighted by Crippen LogP contribution is 2.13. The second-order valence-corrected chi connectivity index (χ2v) is 7.16. The van der Waals surface area contributed by atoms with E-state index >= 15 is 0 Å². The number of hydrogen-bond acceptors (Lipinski definition) is 3. The largest absolute Gasteiger partial charge is 0.298 e. The standard InChI is InChI=1S/C22H25FN4/c23-21-9-7-19(8-10-21)16-25-11-4-12-26(14-13-25)17-20-15-24-27(18-20)22-5-2-1-3-6-22/h1-3,5-10,15,18H,4,11-14,16-17H2. The molecule has 1 aliphatic rings. The first kappa shape index (κ1) is 17.9. The molecule has 5 heteroatoms. The maximum absolute atomic E-state index is 13.1. The maximum Gasteiger partial charge on any atom is 0.123 e. The lowest BCUT2D eigenvalue weighted by Gasteiger charge is -2.21. The first-order valence-corrected chi connectivity index (χ1v) is 9.54. The Hall–Kier alpha value is -2.50. The van der Waals surface area contributed by atoms with Gasteiger partial charge in [-0.1, -0.05) is 30.3 Å². The van der Waals surface area contributed by atoms with Gasteiger partial charge >= 0.3 is 0 Å². The van der Waals surface area contributed by atoms with Crippen LogP contribution in [0.2, 0.25) is 0 Å². The van der Waals surface area contributed by atoms with E-state index in [0.717, 1.165) is 51.4 Å². The molecule has 1 fully saturated rings.